The van der Waals surface area contributed by atoms with E-state index in [1.807, 2.05) is 23.1 Å². The number of carbonyl (C=O) groups excluding carboxylic acids is 2. The Bertz CT molecular complexity index is 1490. The molecule has 4 aromatic rings. The molecule has 0 unspecified atom stereocenters. The number of nitrogens with zero attached hydrogens (tertiary/aromatic N) is 2. The summed E-state index contributed by atoms with van der Waals surface area (Å²) in [6, 6.07) is 18.8. The molecule has 1 spiro atoms. The van der Waals surface area contributed by atoms with E-state index in [4.69, 9.17) is 11.6 Å². The fraction of sp³-hybridized carbons (Fsp3) is 0.214. The Balaban J connectivity index is 1.46. The summed E-state index contributed by atoms with van der Waals surface area (Å²) in [4.78, 5) is 29.2. The average molecular weight is 488 g/mol. The van der Waals surface area contributed by atoms with Gasteiger partial charge in [0.2, 0.25) is 0 Å². The molecule has 6 rings (SSSR count). The van der Waals surface area contributed by atoms with Gasteiger partial charge in [0.1, 0.15) is 5.82 Å². The number of fused-ring (bicyclic) bond motifs is 3. The molecule has 1 aromatic heterocycles. The molecule has 176 valence electrons. The first-order valence-corrected chi connectivity index (χ1v) is 12.1. The third-order valence-electron chi connectivity index (χ3n) is 7.32. The van der Waals surface area contributed by atoms with Gasteiger partial charge < -0.3 is 10.2 Å². The molecular formula is C28H23ClFN3O2. The maximum absolute atomic E-state index is 14.1. The highest BCUT2D eigenvalue weighted by atomic mass is 35.5. The van der Waals surface area contributed by atoms with E-state index in [1.54, 1.807) is 30.5 Å². The molecule has 5 nitrogen and oxygen atoms in total. The van der Waals surface area contributed by atoms with Gasteiger partial charge in [0.05, 0.1) is 11.1 Å². The van der Waals surface area contributed by atoms with Gasteiger partial charge in [-0.25, -0.2) is 4.39 Å². The standard InChI is InChI=1S/C28H23ClFN3O2/c29-19-8-9-21-22(16-32(25(21)15-19)26(34)18-4-3-5-20(30)14-18)27(35)33-17-28(10-12-31-13-11-28)23-6-1-2-7-24(23)33/h1-9,14-16,31H,10-13,17H2. The highest BCUT2D eigenvalue weighted by Crippen LogP contribution is 2.46. The van der Waals surface area contributed by atoms with Gasteiger partial charge in [-0.1, -0.05) is 41.9 Å². The second-order valence-corrected chi connectivity index (χ2v) is 9.76. The zero-order valence-electron chi connectivity index (χ0n) is 18.9. The van der Waals surface area contributed by atoms with Gasteiger partial charge in [0.15, 0.2) is 0 Å². The highest BCUT2D eigenvalue weighted by molar-refractivity contribution is 6.31. The van der Waals surface area contributed by atoms with Crippen molar-refractivity contribution in [1.82, 2.24) is 9.88 Å². The summed E-state index contributed by atoms with van der Waals surface area (Å²) in [7, 11) is 0. The molecule has 7 heteroatoms. The van der Waals surface area contributed by atoms with E-state index in [-0.39, 0.29) is 16.9 Å². The van der Waals surface area contributed by atoms with E-state index >= 15 is 0 Å². The maximum Gasteiger partial charge on any atom is 0.262 e. The lowest BCUT2D eigenvalue weighted by Gasteiger charge is -2.34. The quantitative estimate of drug-likeness (QED) is 0.411. The summed E-state index contributed by atoms with van der Waals surface area (Å²) in [6.45, 7) is 2.43. The minimum atomic E-state index is -0.498. The second-order valence-electron chi connectivity index (χ2n) is 9.33. The number of para-hydroxylation sites is 1. The molecule has 2 aliphatic rings. The number of anilines is 1. The zero-order valence-corrected chi connectivity index (χ0v) is 19.7. The van der Waals surface area contributed by atoms with Crippen molar-refractivity contribution in [1.29, 1.82) is 0 Å². The van der Waals surface area contributed by atoms with Crippen molar-refractivity contribution < 1.29 is 14.0 Å². The topological polar surface area (TPSA) is 54.3 Å². The normalized spacial score (nSPS) is 16.6. The van der Waals surface area contributed by atoms with Crippen LogP contribution in [0.25, 0.3) is 10.9 Å². The highest BCUT2D eigenvalue weighted by Gasteiger charge is 2.45. The van der Waals surface area contributed by atoms with Gasteiger partial charge in [-0.05, 0) is 67.9 Å². The van der Waals surface area contributed by atoms with E-state index in [9.17, 15) is 14.0 Å². The van der Waals surface area contributed by atoms with Crippen LogP contribution in [0.2, 0.25) is 5.02 Å². The van der Waals surface area contributed by atoms with Crippen molar-refractivity contribution in [3.05, 3.63) is 100 Å². The summed E-state index contributed by atoms with van der Waals surface area (Å²) in [5, 5.41) is 4.50. The molecule has 0 aliphatic carbocycles. The molecule has 0 bridgehead atoms. The summed E-state index contributed by atoms with van der Waals surface area (Å²) in [6.07, 6.45) is 3.49. The number of rotatable bonds is 2. The van der Waals surface area contributed by atoms with Crippen molar-refractivity contribution >= 4 is 40.0 Å². The minimum absolute atomic E-state index is 0.0729. The van der Waals surface area contributed by atoms with Crippen LogP contribution in [0.4, 0.5) is 10.1 Å². The van der Waals surface area contributed by atoms with E-state index in [0.29, 0.717) is 28.0 Å². The van der Waals surface area contributed by atoms with Gasteiger partial charge in [-0.15, -0.1) is 0 Å². The van der Waals surface area contributed by atoms with Crippen molar-refractivity contribution in [2.75, 3.05) is 24.5 Å². The maximum atomic E-state index is 14.1. The molecule has 2 aliphatic heterocycles. The Kier molecular flexibility index (Phi) is 5.24. The second kappa shape index (κ2) is 8.33. The molecule has 35 heavy (non-hydrogen) atoms. The Morgan fingerprint density at radius 2 is 1.74 bits per heavy atom. The average Bonchev–Trinajstić information content (AvgIpc) is 3.40. The molecule has 3 aromatic carbocycles. The van der Waals surface area contributed by atoms with Crippen LogP contribution in [0.1, 0.15) is 39.1 Å². The lowest BCUT2D eigenvalue weighted by atomic mass is 9.75. The Morgan fingerprint density at radius 3 is 2.54 bits per heavy atom. The summed E-state index contributed by atoms with van der Waals surface area (Å²) < 4.78 is 15.2. The minimum Gasteiger partial charge on any atom is -0.317 e. The molecule has 0 atom stereocenters. The van der Waals surface area contributed by atoms with Crippen LogP contribution in [0.3, 0.4) is 0 Å². The third kappa shape index (κ3) is 3.56. The third-order valence-corrected chi connectivity index (χ3v) is 7.56. The predicted octanol–water partition coefficient (Wildman–Crippen LogP) is 5.40. The number of hydrogen-bond donors (Lipinski definition) is 1. The van der Waals surface area contributed by atoms with Crippen LogP contribution in [-0.4, -0.2) is 36.0 Å². The van der Waals surface area contributed by atoms with Crippen molar-refractivity contribution in [3.8, 4) is 0 Å². The monoisotopic (exact) mass is 487 g/mol. The fourth-order valence-corrected chi connectivity index (χ4v) is 5.76. The number of nitrogens with one attached hydrogen (secondary N) is 1. The van der Waals surface area contributed by atoms with Gasteiger partial charge in [-0.2, -0.15) is 0 Å². The van der Waals surface area contributed by atoms with Crippen LogP contribution >= 0.6 is 11.6 Å². The van der Waals surface area contributed by atoms with E-state index < -0.39 is 11.7 Å². The molecule has 1 fully saturated rings. The number of halogens is 2. The first-order valence-electron chi connectivity index (χ1n) is 11.7. The Labute approximate surface area is 207 Å². The zero-order chi connectivity index (χ0) is 24.2. The van der Waals surface area contributed by atoms with Crippen molar-refractivity contribution in [2.24, 2.45) is 0 Å². The van der Waals surface area contributed by atoms with Crippen molar-refractivity contribution in [3.63, 3.8) is 0 Å². The van der Waals surface area contributed by atoms with Crippen LogP contribution in [0.15, 0.2) is 72.9 Å². The molecule has 1 amide bonds. The molecule has 1 N–H and O–H groups in total. The smallest absolute Gasteiger partial charge is 0.262 e. The van der Waals surface area contributed by atoms with Gasteiger partial charge in [0, 0.05) is 39.8 Å². The van der Waals surface area contributed by atoms with Crippen LogP contribution < -0.4 is 10.2 Å². The fourth-order valence-electron chi connectivity index (χ4n) is 5.59. The van der Waals surface area contributed by atoms with Crippen LogP contribution in [-0.2, 0) is 5.41 Å². The number of amides is 1. The van der Waals surface area contributed by atoms with E-state index in [0.717, 1.165) is 31.6 Å². The molecule has 0 radical (unpaired) electrons. The van der Waals surface area contributed by atoms with E-state index in [1.165, 1.54) is 28.3 Å². The van der Waals surface area contributed by atoms with Crippen molar-refractivity contribution in [2.45, 2.75) is 18.3 Å². The van der Waals surface area contributed by atoms with Gasteiger partial charge in [0.25, 0.3) is 11.8 Å². The number of aromatic nitrogens is 1. The molecule has 0 saturated carbocycles. The summed E-state index contributed by atoms with van der Waals surface area (Å²) in [5.74, 6) is -1.08. The molecule has 1 saturated heterocycles. The number of benzene rings is 3. The van der Waals surface area contributed by atoms with Gasteiger partial charge in [-0.3, -0.25) is 14.2 Å². The molecular weight excluding hydrogens is 465 g/mol. The summed E-state index contributed by atoms with van der Waals surface area (Å²) >= 11 is 6.26. The number of hydrogen-bond acceptors (Lipinski definition) is 3. The Morgan fingerprint density at radius 1 is 0.943 bits per heavy atom. The number of carbonyl (C=O) groups is 2. The summed E-state index contributed by atoms with van der Waals surface area (Å²) in [5.41, 5.74) is 3.18. The predicted molar refractivity (Wildman–Crippen MR) is 135 cm³/mol. The first-order chi connectivity index (χ1) is 17.0. The largest absolute Gasteiger partial charge is 0.317 e. The van der Waals surface area contributed by atoms with Crippen LogP contribution in [0.5, 0.6) is 0 Å². The Hall–Kier alpha value is -3.48. The van der Waals surface area contributed by atoms with E-state index in [2.05, 4.69) is 11.4 Å². The first kappa shape index (κ1) is 22.0. The lowest BCUT2D eigenvalue weighted by molar-refractivity contribution is 0.0964. The number of piperidine rings is 1. The lowest BCUT2D eigenvalue weighted by Crippen LogP contribution is -2.44. The SMILES string of the molecule is O=C(c1cn(C(=O)c2cccc(F)c2)c2cc(Cl)ccc12)N1CC2(CCNCC2)c2ccccc21. The van der Waals surface area contributed by atoms with Gasteiger partial charge >= 0.3 is 0 Å². The van der Waals surface area contributed by atoms with Crippen LogP contribution in [0, 0.1) is 5.82 Å². The molecule has 3 heterocycles.